The molecule has 1 heteroatoms. The Balaban J connectivity index is 1.63. The highest BCUT2D eigenvalue weighted by Crippen LogP contribution is 2.38. The molecule has 0 amide bonds. The Morgan fingerprint density at radius 2 is 1.24 bits per heavy atom. The fourth-order valence-corrected chi connectivity index (χ4v) is 5.19. The molecule has 0 aliphatic carbocycles. The number of rotatable bonds is 9. The smallest absolute Gasteiger partial charge is 0.115 e. The van der Waals surface area contributed by atoms with Gasteiger partial charge in [0.1, 0.15) is 5.75 Å². The van der Waals surface area contributed by atoms with Gasteiger partial charge in [0.05, 0.1) is 0 Å². The lowest BCUT2D eigenvalue weighted by molar-refractivity contribution is 0.301. The lowest BCUT2D eigenvalue weighted by Crippen LogP contribution is -2.21. The summed E-state index contributed by atoms with van der Waals surface area (Å²) in [7, 11) is 0. The standard InChI is InChI=1S/C32H42O/c1-24(12-13-28(23-31(2,3)4)27-16-20-30(33)21-17-27)22-32(5,6)29-18-14-26(15-19-29)25-10-8-7-9-11-25/h7-11,14-21,24,28,33H,12-13,22-23H2,1-6H3. The van der Waals surface area contributed by atoms with Crippen molar-refractivity contribution in [3.05, 3.63) is 90.0 Å². The van der Waals surface area contributed by atoms with Crippen LogP contribution in [0, 0.1) is 11.3 Å². The van der Waals surface area contributed by atoms with Gasteiger partial charge in [-0.25, -0.2) is 0 Å². The summed E-state index contributed by atoms with van der Waals surface area (Å²) in [6.45, 7) is 14.1. The van der Waals surface area contributed by atoms with Gasteiger partial charge in [-0.05, 0) is 76.3 Å². The first-order chi connectivity index (χ1) is 15.5. The first-order valence-electron chi connectivity index (χ1n) is 12.5. The third-order valence-corrected chi connectivity index (χ3v) is 6.86. The molecule has 3 aromatic rings. The summed E-state index contributed by atoms with van der Waals surface area (Å²) in [5, 5.41) is 9.71. The molecule has 0 spiro atoms. The number of phenolic OH excluding ortho intramolecular Hbond substituents is 1. The van der Waals surface area contributed by atoms with Crippen LogP contribution < -0.4 is 0 Å². The molecule has 3 aromatic carbocycles. The minimum absolute atomic E-state index is 0.146. The van der Waals surface area contributed by atoms with E-state index in [-0.39, 0.29) is 10.8 Å². The fourth-order valence-electron chi connectivity index (χ4n) is 5.19. The van der Waals surface area contributed by atoms with Gasteiger partial charge in [0, 0.05) is 0 Å². The second-order valence-corrected chi connectivity index (χ2v) is 11.8. The van der Waals surface area contributed by atoms with Crippen LogP contribution in [-0.4, -0.2) is 5.11 Å². The van der Waals surface area contributed by atoms with E-state index in [0.717, 1.165) is 6.42 Å². The van der Waals surface area contributed by atoms with Crippen LogP contribution in [-0.2, 0) is 5.41 Å². The normalized spacial score (nSPS) is 14.1. The van der Waals surface area contributed by atoms with E-state index in [1.807, 2.05) is 12.1 Å². The van der Waals surface area contributed by atoms with Crippen LogP contribution in [0.5, 0.6) is 5.75 Å². The zero-order valence-electron chi connectivity index (χ0n) is 21.4. The molecule has 0 bridgehead atoms. The molecule has 33 heavy (non-hydrogen) atoms. The molecular formula is C32H42O. The van der Waals surface area contributed by atoms with Crippen LogP contribution in [0.15, 0.2) is 78.9 Å². The van der Waals surface area contributed by atoms with Crippen molar-refractivity contribution in [2.45, 2.75) is 78.6 Å². The Morgan fingerprint density at radius 3 is 1.82 bits per heavy atom. The number of phenols is 1. The van der Waals surface area contributed by atoms with Crippen LogP contribution in [0.25, 0.3) is 11.1 Å². The molecule has 0 saturated carbocycles. The topological polar surface area (TPSA) is 20.2 Å². The van der Waals surface area contributed by atoms with Crippen molar-refractivity contribution >= 4 is 0 Å². The van der Waals surface area contributed by atoms with Crippen molar-refractivity contribution < 1.29 is 5.11 Å². The van der Waals surface area contributed by atoms with Crippen molar-refractivity contribution in [3.63, 3.8) is 0 Å². The van der Waals surface area contributed by atoms with Gasteiger partial charge in [0.15, 0.2) is 0 Å². The van der Waals surface area contributed by atoms with Gasteiger partial charge in [-0.15, -0.1) is 0 Å². The maximum atomic E-state index is 9.71. The van der Waals surface area contributed by atoms with E-state index in [1.54, 1.807) is 0 Å². The van der Waals surface area contributed by atoms with Gasteiger partial charge in [-0.2, -0.15) is 0 Å². The Labute approximate surface area is 201 Å². The molecule has 0 heterocycles. The highest BCUT2D eigenvalue weighted by Gasteiger charge is 2.25. The van der Waals surface area contributed by atoms with Gasteiger partial charge in [0.25, 0.3) is 0 Å². The average molecular weight is 443 g/mol. The summed E-state index contributed by atoms with van der Waals surface area (Å²) < 4.78 is 0. The van der Waals surface area contributed by atoms with Gasteiger partial charge in [-0.1, -0.05) is 115 Å². The van der Waals surface area contributed by atoms with E-state index in [4.69, 9.17) is 0 Å². The molecule has 176 valence electrons. The van der Waals surface area contributed by atoms with Crippen molar-refractivity contribution in [2.24, 2.45) is 11.3 Å². The number of hydrogen-bond donors (Lipinski definition) is 1. The van der Waals surface area contributed by atoms with Crippen LogP contribution in [0.1, 0.15) is 84.3 Å². The quantitative estimate of drug-likeness (QED) is 0.350. The summed E-state index contributed by atoms with van der Waals surface area (Å²) in [4.78, 5) is 0. The van der Waals surface area contributed by atoms with Crippen LogP contribution >= 0.6 is 0 Å². The Bertz CT molecular complexity index is 975. The summed E-state index contributed by atoms with van der Waals surface area (Å²) >= 11 is 0. The third kappa shape index (κ3) is 7.49. The predicted molar refractivity (Wildman–Crippen MR) is 143 cm³/mol. The zero-order chi connectivity index (χ0) is 24.1. The Kier molecular flexibility index (Phi) is 8.05. The van der Waals surface area contributed by atoms with E-state index in [9.17, 15) is 5.11 Å². The lowest BCUT2D eigenvalue weighted by Gasteiger charge is -2.31. The maximum absolute atomic E-state index is 9.71. The van der Waals surface area contributed by atoms with Gasteiger partial charge in [0.2, 0.25) is 0 Å². The molecule has 0 aromatic heterocycles. The first-order valence-corrected chi connectivity index (χ1v) is 12.5. The molecule has 0 saturated heterocycles. The van der Waals surface area contributed by atoms with E-state index in [2.05, 4.69) is 108 Å². The van der Waals surface area contributed by atoms with Gasteiger partial charge >= 0.3 is 0 Å². The Morgan fingerprint density at radius 1 is 0.667 bits per heavy atom. The molecule has 2 atom stereocenters. The largest absolute Gasteiger partial charge is 0.508 e. The van der Waals surface area contributed by atoms with Gasteiger partial charge < -0.3 is 5.11 Å². The summed E-state index contributed by atoms with van der Waals surface area (Å²) in [6, 6.07) is 27.6. The van der Waals surface area contributed by atoms with Gasteiger partial charge in [-0.3, -0.25) is 0 Å². The van der Waals surface area contributed by atoms with E-state index in [1.165, 1.54) is 41.5 Å². The molecule has 1 nitrogen and oxygen atoms in total. The molecule has 1 N–H and O–H groups in total. The highest BCUT2D eigenvalue weighted by atomic mass is 16.3. The molecular weight excluding hydrogens is 400 g/mol. The van der Waals surface area contributed by atoms with E-state index in [0.29, 0.717) is 17.6 Å². The number of benzene rings is 3. The summed E-state index contributed by atoms with van der Waals surface area (Å²) in [6.07, 6.45) is 4.74. The molecule has 0 radical (unpaired) electrons. The molecule has 0 aliphatic heterocycles. The number of aromatic hydroxyl groups is 1. The van der Waals surface area contributed by atoms with Crippen molar-refractivity contribution in [1.82, 2.24) is 0 Å². The fraction of sp³-hybridized carbons (Fsp3) is 0.438. The van der Waals surface area contributed by atoms with Crippen LogP contribution in [0.3, 0.4) is 0 Å². The molecule has 3 rings (SSSR count). The summed E-state index contributed by atoms with van der Waals surface area (Å²) in [5.41, 5.74) is 5.75. The lowest BCUT2D eigenvalue weighted by atomic mass is 9.74. The zero-order valence-corrected chi connectivity index (χ0v) is 21.4. The predicted octanol–water partition coefficient (Wildman–Crippen LogP) is 9.36. The van der Waals surface area contributed by atoms with Crippen molar-refractivity contribution in [3.8, 4) is 16.9 Å². The second-order valence-electron chi connectivity index (χ2n) is 11.8. The van der Waals surface area contributed by atoms with Crippen molar-refractivity contribution in [2.75, 3.05) is 0 Å². The molecule has 2 unspecified atom stereocenters. The van der Waals surface area contributed by atoms with Crippen molar-refractivity contribution in [1.29, 1.82) is 0 Å². The minimum Gasteiger partial charge on any atom is -0.508 e. The molecule has 0 fully saturated rings. The van der Waals surface area contributed by atoms with E-state index < -0.39 is 0 Å². The van der Waals surface area contributed by atoms with E-state index >= 15 is 0 Å². The van der Waals surface area contributed by atoms with Crippen LogP contribution in [0.2, 0.25) is 0 Å². The number of hydrogen-bond acceptors (Lipinski definition) is 1. The van der Waals surface area contributed by atoms with Crippen LogP contribution in [0.4, 0.5) is 0 Å². The molecule has 0 aliphatic rings. The maximum Gasteiger partial charge on any atom is 0.115 e. The monoisotopic (exact) mass is 442 g/mol. The summed E-state index contributed by atoms with van der Waals surface area (Å²) in [5.74, 6) is 1.52. The first kappa shape index (κ1) is 25.1. The third-order valence-electron chi connectivity index (χ3n) is 6.86. The Hall–Kier alpha value is -2.54. The highest BCUT2D eigenvalue weighted by molar-refractivity contribution is 5.63. The second kappa shape index (κ2) is 10.6. The minimum atomic E-state index is 0.146. The average Bonchev–Trinajstić information content (AvgIpc) is 2.77. The SMILES string of the molecule is CC(CCC(CC(C)(C)C)c1ccc(O)cc1)CC(C)(C)c1ccc(-c2ccccc2)cc1.